The van der Waals surface area contributed by atoms with Gasteiger partial charge in [-0.05, 0) is 6.42 Å². The third-order valence-corrected chi connectivity index (χ3v) is 4.54. The molecule has 0 bridgehead atoms. The van der Waals surface area contributed by atoms with Gasteiger partial charge in [-0.25, -0.2) is 4.21 Å². The van der Waals surface area contributed by atoms with Crippen molar-refractivity contribution in [1.29, 1.82) is 0 Å². The first-order valence-corrected chi connectivity index (χ1v) is 10.5. The Morgan fingerprint density at radius 1 is 0.636 bits per heavy atom. The Labute approximate surface area is 141 Å². The minimum Gasteiger partial charge on any atom is -0.750 e. The quantitative estimate of drug-likeness (QED) is 0.226. The van der Waals surface area contributed by atoms with Crippen LogP contribution in [0.5, 0.6) is 0 Å². The fraction of sp³-hybridized carbons (Fsp3) is 1.00. The fourth-order valence-electron chi connectivity index (χ4n) is 2.78. The maximum absolute atomic E-state index is 10.1. The van der Waals surface area contributed by atoms with Crippen LogP contribution in [-0.4, -0.2) is 15.4 Å². The lowest BCUT2D eigenvalue weighted by molar-refractivity contribution is 0.290. The first-order valence-electron chi connectivity index (χ1n) is 9.50. The van der Waals surface area contributed by atoms with E-state index in [0.717, 1.165) is 12.8 Å². The first kappa shape index (κ1) is 22.1. The average molecular weight is 334 g/mol. The van der Waals surface area contributed by atoms with E-state index in [1.54, 1.807) is 0 Å². The molecule has 0 fully saturated rings. The summed E-state index contributed by atoms with van der Waals surface area (Å²) in [5.41, 5.74) is 0. The van der Waals surface area contributed by atoms with Crippen LogP contribution in [0.15, 0.2) is 0 Å². The molecule has 22 heavy (non-hydrogen) atoms. The molecule has 0 radical (unpaired) electrons. The van der Waals surface area contributed by atoms with Crippen LogP contribution >= 0.6 is 0 Å². The van der Waals surface area contributed by atoms with Crippen molar-refractivity contribution in [2.75, 3.05) is 6.61 Å². The van der Waals surface area contributed by atoms with Crippen molar-refractivity contribution in [2.45, 2.75) is 110 Å². The molecular formula is C18H37O3S-. The van der Waals surface area contributed by atoms with Crippen molar-refractivity contribution in [1.82, 2.24) is 0 Å². The zero-order chi connectivity index (χ0) is 16.3. The molecule has 4 heteroatoms. The number of rotatable bonds is 18. The Morgan fingerprint density at radius 3 is 1.27 bits per heavy atom. The fourth-order valence-corrected chi connectivity index (χ4v) is 3.03. The number of hydrogen-bond donors (Lipinski definition) is 0. The molecular weight excluding hydrogens is 296 g/mol. The van der Waals surface area contributed by atoms with Crippen molar-refractivity contribution in [3.63, 3.8) is 0 Å². The second-order valence-electron chi connectivity index (χ2n) is 6.33. The van der Waals surface area contributed by atoms with Crippen molar-refractivity contribution in [3.05, 3.63) is 0 Å². The van der Waals surface area contributed by atoms with E-state index >= 15 is 0 Å². The lowest BCUT2D eigenvalue weighted by Crippen LogP contribution is -1.97. The summed E-state index contributed by atoms with van der Waals surface area (Å²) >= 11 is -2.33. The van der Waals surface area contributed by atoms with E-state index in [1.807, 2.05) is 0 Å². The van der Waals surface area contributed by atoms with Gasteiger partial charge in [0.1, 0.15) is 0 Å². The Hall–Kier alpha value is 0.0700. The van der Waals surface area contributed by atoms with E-state index in [9.17, 15) is 8.76 Å². The van der Waals surface area contributed by atoms with Crippen LogP contribution in [0.3, 0.4) is 0 Å². The Morgan fingerprint density at radius 2 is 0.955 bits per heavy atom. The largest absolute Gasteiger partial charge is 0.750 e. The highest BCUT2D eigenvalue weighted by molar-refractivity contribution is 7.74. The van der Waals surface area contributed by atoms with E-state index in [1.165, 1.54) is 89.9 Å². The summed E-state index contributed by atoms with van der Waals surface area (Å²) < 4.78 is 24.8. The zero-order valence-electron chi connectivity index (χ0n) is 14.7. The average Bonchev–Trinajstić information content (AvgIpc) is 2.50. The standard InChI is InChI=1S/C18H38O3S/c1-2-3-4-5-6-7-8-9-10-11-12-13-14-15-16-17-18-21-22(19)20/h2-18H2,1H3,(H,19,20)/p-1. The number of unbranched alkanes of at least 4 members (excludes halogenated alkanes) is 15. The maximum Gasteiger partial charge on any atom is 0.0842 e. The third-order valence-electron chi connectivity index (χ3n) is 4.18. The van der Waals surface area contributed by atoms with Crippen LogP contribution < -0.4 is 0 Å². The molecule has 0 heterocycles. The van der Waals surface area contributed by atoms with Crippen LogP contribution in [0, 0.1) is 0 Å². The third kappa shape index (κ3) is 20.1. The van der Waals surface area contributed by atoms with Gasteiger partial charge < -0.3 is 8.74 Å². The molecule has 0 aromatic heterocycles. The van der Waals surface area contributed by atoms with Crippen molar-refractivity contribution < 1.29 is 12.9 Å². The summed E-state index contributed by atoms with van der Waals surface area (Å²) in [5.74, 6) is 0. The molecule has 0 saturated carbocycles. The summed E-state index contributed by atoms with van der Waals surface area (Å²) in [6, 6.07) is 0. The molecule has 3 nitrogen and oxygen atoms in total. The van der Waals surface area contributed by atoms with Gasteiger partial charge in [0, 0.05) is 0 Å². The van der Waals surface area contributed by atoms with Gasteiger partial charge in [0.25, 0.3) is 0 Å². The second-order valence-corrected chi connectivity index (χ2v) is 6.97. The predicted molar refractivity (Wildman–Crippen MR) is 94.4 cm³/mol. The van der Waals surface area contributed by atoms with E-state index in [2.05, 4.69) is 11.1 Å². The molecule has 134 valence electrons. The minimum absolute atomic E-state index is 0.342. The molecule has 0 aliphatic heterocycles. The van der Waals surface area contributed by atoms with Crippen LogP contribution in [0.1, 0.15) is 110 Å². The summed E-state index contributed by atoms with van der Waals surface area (Å²) in [7, 11) is 0. The maximum atomic E-state index is 10.1. The lowest BCUT2D eigenvalue weighted by Gasteiger charge is -2.05. The monoisotopic (exact) mass is 333 g/mol. The predicted octanol–water partition coefficient (Wildman–Crippen LogP) is 6.06. The smallest absolute Gasteiger partial charge is 0.0842 e. The molecule has 0 N–H and O–H groups in total. The molecule has 0 rings (SSSR count). The zero-order valence-corrected chi connectivity index (χ0v) is 15.5. The van der Waals surface area contributed by atoms with Gasteiger partial charge in [-0.1, -0.05) is 103 Å². The first-order chi connectivity index (χ1) is 10.8. The van der Waals surface area contributed by atoms with Gasteiger partial charge in [0.2, 0.25) is 0 Å². The molecule has 1 unspecified atom stereocenters. The topological polar surface area (TPSA) is 49.4 Å². The van der Waals surface area contributed by atoms with Gasteiger partial charge >= 0.3 is 0 Å². The van der Waals surface area contributed by atoms with Gasteiger partial charge in [-0.2, -0.15) is 0 Å². The Bertz CT molecular complexity index is 234. The highest BCUT2D eigenvalue weighted by Crippen LogP contribution is 2.13. The second kappa shape index (κ2) is 19.1. The van der Waals surface area contributed by atoms with Crippen LogP contribution in [-0.2, 0) is 15.5 Å². The Kier molecular flexibility index (Phi) is 19.2. The van der Waals surface area contributed by atoms with Crippen LogP contribution in [0.4, 0.5) is 0 Å². The summed E-state index contributed by atoms with van der Waals surface area (Å²) in [4.78, 5) is 0. The Balaban J connectivity index is 2.95. The van der Waals surface area contributed by atoms with E-state index in [0.29, 0.717) is 6.61 Å². The van der Waals surface area contributed by atoms with Gasteiger partial charge in [-0.3, -0.25) is 0 Å². The molecule has 0 amide bonds. The SMILES string of the molecule is CCCCCCCCCCCCCCCCCCOS(=O)[O-]. The highest BCUT2D eigenvalue weighted by atomic mass is 32.2. The summed E-state index contributed by atoms with van der Waals surface area (Å²) in [6.07, 6.45) is 21.2. The van der Waals surface area contributed by atoms with E-state index < -0.39 is 11.4 Å². The van der Waals surface area contributed by atoms with E-state index in [-0.39, 0.29) is 0 Å². The van der Waals surface area contributed by atoms with Gasteiger partial charge in [-0.15, -0.1) is 0 Å². The van der Waals surface area contributed by atoms with Crippen LogP contribution in [0.2, 0.25) is 0 Å². The molecule has 0 aromatic rings. The molecule has 0 aliphatic rings. The number of hydrogen-bond acceptors (Lipinski definition) is 3. The van der Waals surface area contributed by atoms with Crippen molar-refractivity contribution in [3.8, 4) is 0 Å². The molecule has 0 aromatic carbocycles. The lowest BCUT2D eigenvalue weighted by atomic mass is 10.0. The molecule has 1 atom stereocenters. The van der Waals surface area contributed by atoms with Crippen LogP contribution in [0.25, 0.3) is 0 Å². The molecule has 0 aliphatic carbocycles. The van der Waals surface area contributed by atoms with Crippen molar-refractivity contribution in [2.24, 2.45) is 0 Å². The molecule has 0 saturated heterocycles. The van der Waals surface area contributed by atoms with E-state index in [4.69, 9.17) is 0 Å². The van der Waals surface area contributed by atoms with Gasteiger partial charge in [0.05, 0.1) is 18.0 Å². The highest BCUT2D eigenvalue weighted by Gasteiger charge is 1.94. The summed E-state index contributed by atoms with van der Waals surface area (Å²) in [5, 5.41) is 0. The summed E-state index contributed by atoms with van der Waals surface area (Å²) in [6.45, 7) is 2.61. The van der Waals surface area contributed by atoms with Gasteiger partial charge in [0.15, 0.2) is 0 Å². The van der Waals surface area contributed by atoms with Crippen molar-refractivity contribution >= 4 is 11.4 Å². The minimum atomic E-state index is -2.33. The normalized spacial score (nSPS) is 12.6. The molecule has 0 spiro atoms.